The molecule has 0 unspecified atom stereocenters. The van der Waals surface area contributed by atoms with Crippen molar-refractivity contribution in [1.29, 1.82) is 5.26 Å². The third kappa shape index (κ3) is 2.19. The molecule has 0 fully saturated rings. The molecule has 0 bridgehead atoms. The quantitative estimate of drug-likeness (QED) is 0.251. The van der Waals surface area contributed by atoms with Crippen molar-refractivity contribution in [3.63, 3.8) is 0 Å². The molecule has 6 heteroatoms. The number of fused-ring (bicyclic) bond motifs is 1. The summed E-state index contributed by atoms with van der Waals surface area (Å²) in [4.78, 5) is 11.2. The highest BCUT2D eigenvalue weighted by atomic mass is 16.7. The van der Waals surface area contributed by atoms with Crippen LogP contribution in [-0.2, 0) is 4.79 Å². The van der Waals surface area contributed by atoms with E-state index in [9.17, 15) is 4.79 Å². The summed E-state index contributed by atoms with van der Waals surface area (Å²) < 4.78 is 10.3. The molecule has 2 rings (SSSR count). The highest BCUT2D eigenvalue weighted by Crippen LogP contribution is 2.32. The summed E-state index contributed by atoms with van der Waals surface area (Å²) in [5, 5.41) is 8.79. The fourth-order valence-electron chi connectivity index (χ4n) is 1.40. The first kappa shape index (κ1) is 11.0. The number of benzene rings is 1. The minimum atomic E-state index is -0.634. The monoisotopic (exact) mass is 231 g/mol. The van der Waals surface area contributed by atoms with Gasteiger partial charge in [-0.3, -0.25) is 10.2 Å². The highest BCUT2D eigenvalue weighted by Gasteiger charge is 2.13. The zero-order chi connectivity index (χ0) is 12.3. The van der Waals surface area contributed by atoms with Gasteiger partial charge in [-0.15, -0.1) is 0 Å². The van der Waals surface area contributed by atoms with Gasteiger partial charge in [0, 0.05) is 0 Å². The van der Waals surface area contributed by atoms with Gasteiger partial charge in [0.1, 0.15) is 11.6 Å². The predicted molar refractivity (Wildman–Crippen MR) is 58.5 cm³/mol. The van der Waals surface area contributed by atoms with E-state index in [0.29, 0.717) is 17.1 Å². The lowest BCUT2D eigenvalue weighted by atomic mass is 10.1. The number of nitriles is 1. The van der Waals surface area contributed by atoms with Crippen molar-refractivity contribution in [2.24, 2.45) is 5.84 Å². The average molecular weight is 231 g/mol. The third-order valence-electron chi connectivity index (χ3n) is 2.20. The topological polar surface area (TPSA) is 97.4 Å². The van der Waals surface area contributed by atoms with Crippen molar-refractivity contribution in [3.8, 4) is 17.6 Å². The number of hydrazine groups is 1. The first-order chi connectivity index (χ1) is 8.24. The van der Waals surface area contributed by atoms with Crippen LogP contribution >= 0.6 is 0 Å². The molecular formula is C11H9N3O3. The fourth-order valence-corrected chi connectivity index (χ4v) is 1.40. The van der Waals surface area contributed by atoms with Crippen molar-refractivity contribution in [3.05, 3.63) is 29.3 Å². The molecule has 1 amide bonds. The van der Waals surface area contributed by atoms with Crippen LogP contribution in [-0.4, -0.2) is 12.7 Å². The van der Waals surface area contributed by atoms with Crippen LogP contribution in [0.1, 0.15) is 5.56 Å². The lowest BCUT2D eigenvalue weighted by Gasteiger charge is -1.99. The summed E-state index contributed by atoms with van der Waals surface area (Å²) >= 11 is 0. The molecule has 0 aromatic heterocycles. The van der Waals surface area contributed by atoms with Gasteiger partial charge in [0.25, 0.3) is 5.91 Å². The molecule has 0 atom stereocenters. The summed E-state index contributed by atoms with van der Waals surface area (Å²) in [6.07, 6.45) is 1.42. The summed E-state index contributed by atoms with van der Waals surface area (Å²) in [7, 11) is 0. The number of carbonyl (C=O) groups is 1. The average Bonchev–Trinajstić information content (AvgIpc) is 2.82. The zero-order valence-corrected chi connectivity index (χ0v) is 8.77. The van der Waals surface area contributed by atoms with E-state index in [0.717, 1.165) is 0 Å². The summed E-state index contributed by atoms with van der Waals surface area (Å²) in [6, 6.07) is 6.88. The summed E-state index contributed by atoms with van der Waals surface area (Å²) in [5.74, 6) is 5.55. The van der Waals surface area contributed by atoms with Crippen molar-refractivity contribution < 1.29 is 14.3 Å². The van der Waals surface area contributed by atoms with Gasteiger partial charge >= 0.3 is 0 Å². The van der Waals surface area contributed by atoms with Gasteiger partial charge < -0.3 is 9.47 Å². The van der Waals surface area contributed by atoms with Crippen LogP contribution < -0.4 is 20.7 Å². The minimum absolute atomic E-state index is 0.0774. The minimum Gasteiger partial charge on any atom is -0.454 e. The molecule has 6 nitrogen and oxygen atoms in total. The van der Waals surface area contributed by atoms with E-state index in [1.807, 2.05) is 5.43 Å². The van der Waals surface area contributed by atoms with E-state index in [4.69, 9.17) is 20.6 Å². The van der Waals surface area contributed by atoms with E-state index in [1.54, 1.807) is 24.3 Å². The maximum atomic E-state index is 11.2. The van der Waals surface area contributed by atoms with E-state index in [-0.39, 0.29) is 12.4 Å². The summed E-state index contributed by atoms with van der Waals surface area (Å²) in [6.45, 7) is 0.177. The Morgan fingerprint density at radius 2 is 2.24 bits per heavy atom. The Bertz CT molecular complexity index is 531. The molecule has 1 aromatic rings. The van der Waals surface area contributed by atoms with Gasteiger partial charge in [0.2, 0.25) is 6.79 Å². The lowest BCUT2D eigenvalue weighted by Crippen LogP contribution is -2.30. The van der Waals surface area contributed by atoms with E-state index < -0.39 is 5.91 Å². The molecule has 1 aliphatic heterocycles. The second-order valence-electron chi connectivity index (χ2n) is 3.26. The number of hydrogen-bond acceptors (Lipinski definition) is 5. The number of amides is 1. The van der Waals surface area contributed by atoms with E-state index in [1.165, 1.54) is 6.08 Å². The second kappa shape index (κ2) is 4.55. The number of hydrogen-bond donors (Lipinski definition) is 2. The van der Waals surface area contributed by atoms with Crippen molar-refractivity contribution in [2.75, 3.05) is 6.79 Å². The zero-order valence-electron chi connectivity index (χ0n) is 8.77. The van der Waals surface area contributed by atoms with Crippen molar-refractivity contribution in [2.45, 2.75) is 0 Å². The Kier molecular flexibility index (Phi) is 2.94. The van der Waals surface area contributed by atoms with Gasteiger partial charge in [-0.05, 0) is 23.8 Å². The Labute approximate surface area is 97.2 Å². The molecule has 1 aromatic carbocycles. The van der Waals surface area contributed by atoms with Crippen LogP contribution in [0.5, 0.6) is 11.5 Å². The van der Waals surface area contributed by atoms with Crippen LogP contribution in [0.4, 0.5) is 0 Å². The molecule has 0 saturated heterocycles. The van der Waals surface area contributed by atoms with Gasteiger partial charge in [-0.1, -0.05) is 6.07 Å². The van der Waals surface area contributed by atoms with Crippen LogP contribution in [0.2, 0.25) is 0 Å². The van der Waals surface area contributed by atoms with Crippen LogP contribution in [0, 0.1) is 11.3 Å². The standard InChI is InChI=1S/C11H9N3O3/c12-5-8(11(15)14-13)3-7-1-2-9-10(4-7)17-6-16-9/h1-4H,6,13H2,(H,14,15)/b8-3+. The smallest absolute Gasteiger partial charge is 0.275 e. The highest BCUT2D eigenvalue weighted by molar-refractivity contribution is 6.01. The van der Waals surface area contributed by atoms with Gasteiger partial charge in [0.15, 0.2) is 11.5 Å². The second-order valence-corrected chi connectivity index (χ2v) is 3.26. The molecule has 3 N–H and O–H groups in total. The molecule has 0 saturated carbocycles. The van der Waals surface area contributed by atoms with Crippen molar-refractivity contribution in [1.82, 2.24) is 5.43 Å². The molecule has 1 aliphatic rings. The first-order valence-electron chi connectivity index (χ1n) is 4.77. The Balaban J connectivity index is 2.32. The normalized spacial score (nSPS) is 13.1. The first-order valence-corrected chi connectivity index (χ1v) is 4.77. The van der Waals surface area contributed by atoms with Crippen molar-refractivity contribution >= 4 is 12.0 Å². The third-order valence-corrected chi connectivity index (χ3v) is 2.20. The van der Waals surface area contributed by atoms with Gasteiger partial charge in [0.05, 0.1) is 0 Å². The Hall–Kier alpha value is -2.52. The molecule has 86 valence electrons. The predicted octanol–water partition coefficient (Wildman–Crippen LogP) is 0.312. The maximum absolute atomic E-state index is 11.2. The van der Waals surface area contributed by atoms with Gasteiger partial charge in [-0.25, -0.2) is 5.84 Å². The summed E-state index contributed by atoms with van der Waals surface area (Å²) in [5.41, 5.74) is 2.49. The number of nitrogens with two attached hydrogens (primary N) is 1. The Morgan fingerprint density at radius 1 is 1.47 bits per heavy atom. The maximum Gasteiger partial charge on any atom is 0.275 e. The van der Waals surface area contributed by atoms with E-state index >= 15 is 0 Å². The van der Waals surface area contributed by atoms with Crippen LogP contribution in [0.25, 0.3) is 6.08 Å². The van der Waals surface area contributed by atoms with Gasteiger partial charge in [-0.2, -0.15) is 5.26 Å². The fraction of sp³-hybridized carbons (Fsp3) is 0.0909. The molecule has 1 heterocycles. The van der Waals surface area contributed by atoms with E-state index in [2.05, 4.69) is 0 Å². The number of nitrogens with zero attached hydrogens (tertiary/aromatic N) is 1. The number of carbonyl (C=O) groups excluding carboxylic acids is 1. The number of ether oxygens (including phenoxy) is 2. The number of rotatable bonds is 2. The van der Waals surface area contributed by atoms with Crippen LogP contribution in [0.15, 0.2) is 23.8 Å². The number of nitrogens with one attached hydrogen (secondary N) is 1. The SMILES string of the molecule is N#C/C(=C\c1ccc2c(c1)OCO2)C(=O)NN. The lowest BCUT2D eigenvalue weighted by molar-refractivity contribution is -0.117. The van der Waals surface area contributed by atoms with Crippen LogP contribution in [0.3, 0.4) is 0 Å². The molecule has 17 heavy (non-hydrogen) atoms. The molecular weight excluding hydrogens is 222 g/mol. The molecule has 0 aliphatic carbocycles. The largest absolute Gasteiger partial charge is 0.454 e. The molecule has 0 radical (unpaired) electrons. The Morgan fingerprint density at radius 3 is 2.94 bits per heavy atom. The molecule has 0 spiro atoms.